The molecule has 0 radical (unpaired) electrons. The zero-order valence-electron chi connectivity index (χ0n) is 13.8. The van der Waals surface area contributed by atoms with Crippen molar-refractivity contribution in [1.29, 1.82) is 0 Å². The lowest BCUT2D eigenvalue weighted by molar-refractivity contribution is -0.137. The molecule has 4 aliphatic heterocycles. The van der Waals surface area contributed by atoms with Crippen molar-refractivity contribution in [3.05, 3.63) is 36.0 Å². The monoisotopic (exact) mass is 346 g/mol. The van der Waals surface area contributed by atoms with Crippen LogP contribution in [0.3, 0.4) is 0 Å². The van der Waals surface area contributed by atoms with Crippen LogP contribution in [0.5, 0.6) is 0 Å². The van der Waals surface area contributed by atoms with Crippen LogP contribution in [0, 0.1) is 17.6 Å². The van der Waals surface area contributed by atoms with Gasteiger partial charge in [0.05, 0.1) is 6.54 Å². The third-order valence-electron chi connectivity index (χ3n) is 6.00. The Morgan fingerprint density at radius 1 is 1.12 bits per heavy atom. The first kappa shape index (κ1) is 15.4. The van der Waals surface area contributed by atoms with Gasteiger partial charge in [0.15, 0.2) is 6.35 Å². The second-order valence-corrected chi connectivity index (χ2v) is 7.37. The predicted octanol–water partition coefficient (Wildman–Crippen LogP) is 2.06. The fraction of sp³-hybridized carbons (Fsp3) is 0.500. The van der Waals surface area contributed by atoms with Gasteiger partial charge in [-0.3, -0.25) is 5.73 Å². The molecule has 2 aromatic rings. The van der Waals surface area contributed by atoms with Crippen molar-refractivity contribution in [2.45, 2.75) is 24.8 Å². The summed E-state index contributed by atoms with van der Waals surface area (Å²) in [6.07, 6.45) is 2.98. The summed E-state index contributed by atoms with van der Waals surface area (Å²) < 4.78 is 34.2. The molecule has 4 fully saturated rings. The number of piperidine rings is 3. The van der Waals surface area contributed by atoms with E-state index in [1.165, 1.54) is 6.20 Å². The maximum absolute atomic E-state index is 14.1. The van der Waals surface area contributed by atoms with Gasteiger partial charge in [-0.2, -0.15) is 0 Å². The lowest BCUT2D eigenvalue weighted by Crippen LogP contribution is -2.61. The van der Waals surface area contributed by atoms with Gasteiger partial charge in [0.1, 0.15) is 23.1 Å². The number of benzene rings is 1. The quantitative estimate of drug-likeness (QED) is 0.857. The Morgan fingerprint density at radius 3 is 2.52 bits per heavy atom. The zero-order chi connectivity index (χ0) is 17.2. The van der Waals surface area contributed by atoms with Crippen LogP contribution in [0.25, 0.3) is 10.8 Å². The minimum absolute atomic E-state index is 0.176. The van der Waals surface area contributed by atoms with Crippen LogP contribution < -0.4 is 10.6 Å². The Morgan fingerprint density at radius 2 is 1.84 bits per heavy atom. The maximum atomic E-state index is 14.1. The van der Waals surface area contributed by atoms with Crippen molar-refractivity contribution in [1.82, 2.24) is 9.88 Å². The van der Waals surface area contributed by atoms with Gasteiger partial charge in [-0.15, -0.1) is 0 Å². The van der Waals surface area contributed by atoms with E-state index in [2.05, 4.69) is 9.88 Å². The van der Waals surface area contributed by atoms with Crippen molar-refractivity contribution in [3.63, 3.8) is 0 Å². The number of nitrogens with two attached hydrogens (primary N) is 1. The molecule has 0 saturated carbocycles. The number of anilines is 1. The number of ether oxygens (including phenoxy) is 1. The first-order chi connectivity index (χ1) is 12.1. The van der Waals surface area contributed by atoms with E-state index in [0.717, 1.165) is 44.6 Å². The number of fused-ring (bicyclic) bond motifs is 3. The van der Waals surface area contributed by atoms with Crippen molar-refractivity contribution in [3.8, 4) is 0 Å². The van der Waals surface area contributed by atoms with Gasteiger partial charge in [0, 0.05) is 23.5 Å². The molecule has 5 nitrogen and oxygen atoms in total. The van der Waals surface area contributed by atoms with Gasteiger partial charge < -0.3 is 14.5 Å². The Bertz CT molecular complexity index is 839. The summed E-state index contributed by atoms with van der Waals surface area (Å²) in [5, 5.41) is 0.391. The fourth-order valence-corrected chi connectivity index (χ4v) is 4.68. The first-order valence-electron chi connectivity index (χ1n) is 8.72. The molecule has 0 aliphatic carbocycles. The van der Waals surface area contributed by atoms with Gasteiger partial charge in [-0.25, -0.2) is 13.8 Å². The fourth-order valence-electron chi connectivity index (χ4n) is 4.68. The molecule has 2 N–H and O–H groups in total. The third kappa shape index (κ3) is 2.26. The number of rotatable bonds is 1. The molecule has 5 heterocycles. The molecule has 0 amide bonds. The van der Waals surface area contributed by atoms with Crippen LogP contribution in [0.2, 0.25) is 0 Å². The normalized spacial score (nSPS) is 34.4. The molecule has 2 unspecified atom stereocenters. The summed E-state index contributed by atoms with van der Waals surface area (Å²) in [4.78, 5) is 8.61. The molecule has 4 aliphatic rings. The SMILES string of the molecule is NC1OC2(CN3CCC2CC3)CN1c1cc2c(F)ccc(F)c2cn1. The van der Waals surface area contributed by atoms with E-state index < -0.39 is 18.0 Å². The average molecular weight is 346 g/mol. The molecule has 2 bridgehead atoms. The molecule has 1 aromatic carbocycles. The zero-order valence-corrected chi connectivity index (χ0v) is 13.8. The summed E-state index contributed by atoms with van der Waals surface area (Å²) in [7, 11) is 0. The predicted molar refractivity (Wildman–Crippen MR) is 90.0 cm³/mol. The Hall–Kier alpha value is -1.83. The molecule has 1 aromatic heterocycles. The number of pyridine rings is 1. The largest absolute Gasteiger partial charge is 0.335 e. The summed E-state index contributed by atoms with van der Waals surface area (Å²) in [5.74, 6) is 0.0681. The van der Waals surface area contributed by atoms with Crippen molar-refractivity contribution < 1.29 is 13.5 Å². The smallest absolute Gasteiger partial charge is 0.186 e. The van der Waals surface area contributed by atoms with Crippen LogP contribution in [0.1, 0.15) is 12.8 Å². The van der Waals surface area contributed by atoms with Crippen LogP contribution >= 0.6 is 0 Å². The summed E-state index contributed by atoms with van der Waals surface area (Å²) in [6.45, 7) is 3.73. The highest BCUT2D eigenvalue weighted by Crippen LogP contribution is 2.43. The lowest BCUT2D eigenvalue weighted by Gasteiger charge is -2.50. The van der Waals surface area contributed by atoms with E-state index in [-0.39, 0.29) is 16.4 Å². The van der Waals surface area contributed by atoms with Gasteiger partial charge in [-0.1, -0.05) is 0 Å². The second kappa shape index (κ2) is 5.33. The molecule has 7 heteroatoms. The second-order valence-electron chi connectivity index (χ2n) is 7.37. The molecule has 4 saturated heterocycles. The highest BCUT2D eigenvalue weighted by atomic mass is 19.1. The van der Waals surface area contributed by atoms with E-state index in [4.69, 9.17) is 10.5 Å². The molecule has 132 valence electrons. The summed E-state index contributed by atoms with van der Waals surface area (Å²) >= 11 is 0. The highest BCUT2D eigenvalue weighted by Gasteiger charge is 2.54. The minimum atomic E-state index is -0.623. The van der Waals surface area contributed by atoms with E-state index in [9.17, 15) is 8.78 Å². The number of hydrogen-bond donors (Lipinski definition) is 1. The van der Waals surface area contributed by atoms with Gasteiger partial charge >= 0.3 is 0 Å². The Balaban J connectivity index is 1.51. The third-order valence-corrected chi connectivity index (χ3v) is 6.00. The minimum Gasteiger partial charge on any atom is -0.335 e. The molecule has 6 rings (SSSR count). The van der Waals surface area contributed by atoms with E-state index in [0.29, 0.717) is 18.3 Å². The van der Waals surface area contributed by atoms with Gasteiger partial charge in [0.25, 0.3) is 0 Å². The summed E-state index contributed by atoms with van der Waals surface area (Å²) in [6, 6.07) is 3.82. The van der Waals surface area contributed by atoms with Gasteiger partial charge in [-0.05, 0) is 50.0 Å². The number of nitrogens with zero attached hydrogens (tertiary/aromatic N) is 3. The first-order valence-corrected chi connectivity index (χ1v) is 8.72. The van der Waals surface area contributed by atoms with Crippen LogP contribution in [-0.4, -0.2) is 48.0 Å². The van der Waals surface area contributed by atoms with Gasteiger partial charge in [0.2, 0.25) is 0 Å². The van der Waals surface area contributed by atoms with Crippen LogP contribution in [0.15, 0.2) is 24.4 Å². The van der Waals surface area contributed by atoms with E-state index in [1.54, 1.807) is 6.07 Å². The lowest BCUT2D eigenvalue weighted by atomic mass is 9.75. The Kier molecular flexibility index (Phi) is 3.29. The maximum Gasteiger partial charge on any atom is 0.186 e. The average Bonchev–Trinajstić information content (AvgIpc) is 2.95. The number of aromatic nitrogens is 1. The molecule has 25 heavy (non-hydrogen) atoms. The van der Waals surface area contributed by atoms with Crippen molar-refractivity contribution in [2.75, 3.05) is 31.1 Å². The standard InChI is InChI=1S/C18H20F2N4O/c19-14-1-2-15(20)13-8-22-16(7-12(13)14)24-10-18(25-17(24)21)9-23-5-3-11(18)4-6-23/h1-2,7-8,11,17H,3-6,9-10,21H2. The van der Waals surface area contributed by atoms with E-state index >= 15 is 0 Å². The van der Waals surface area contributed by atoms with Crippen molar-refractivity contribution >= 4 is 16.6 Å². The number of halogens is 2. The number of hydrogen-bond acceptors (Lipinski definition) is 5. The van der Waals surface area contributed by atoms with Crippen molar-refractivity contribution in [2.24, 2.45) is 11.7 Å². The van der Waals surface area contributed by atoms with E-state index in [1.807, 2.05) is 4.90 Å². The molecule has 2 atom stereocenters. The summed E-state index contributed by atoms with van der Waals surface area (Å²) in [5.41, 5.74) is 5.95. The van der Waals surface area contributed by atoms with Crippen LogP contribution in [-0.2, 0) is 4.74 Å². The topological polar surface area (TPSA) is 54.6 Å². The highest BCUT2D eigenvalue weighted by molar-refractivity contribution is 5.85. The Labute approximate surface area is 144 Å². The molecular weight excluding hydrogens is 326 g/mol. The van der Waals surface area contributed by atoms with Crippen LogP contribution in [0.4, 0.5) is 14.6 Å². The molecule has 1 spiro atoms. The molecular formula is C18H20F2N4O.